The maximum absolute atomic E-state index is 12.8. The summed E-state index contributed by atoms with van der Waals surface area (Å²) in [6, 6.07) is 19.8. The second-order valence-corrected chi connectivity index (χ2v) is 7.57. The number of aryl methyl sites for hydroxylation is 1. The van der Waals surface area contributed by atoms with Crippen LogP contribution in [0.25, 0.3) is 0 Å². The number of piperidine rings is 1. The molecule has 1 aliphatic heterocycles. The van der Waals surface area contributed by atoms with Crippen molar-refractivity contribution in [3.8, 4) is 0 Å². The minimum atomic E-state index is -0.153. The van der Waals surface area contributed by atoms with E-state index in [-0.39, 0.29) is 23.8 Å². The Hall–Kier alpha value is -2.66. The van der Waals surface area contributed by atoms with Crippen molar-refractivity contribution in [2.75, 3.05) is 26.8 Å². The SMILES string of the molecule is COCC(NC(=O)C1CCN(C(=O)CCc2ccccc2)CC1)c1ccccc1. The largest absolute Gasteiger partial charge is 0.382 e. The maximum atomic E-state index is 12.8. The molecule has 2 amide bonds. The van der Waals surface area contributed by atoms with Crippen molar-refractivity contribution >= 4 is 11.8 Å². The van der Waals surface area contributed by atoms with E-state index >= 15 is 0 Å². The van der Waals surface area contributed by atoms with Gasteiger partial charge in [0, 0.05) is 32.5 Å². The van der Waals surface area contributed by atoms with Gasteiger partial charge in [-0.2, -0.15) is 0 Å². The van der Waals surface area contributed by atoms with Gasteiger partial charge < -0.3 is 15.0 Å². The number of benzene rings is 2. The monoisotopic (exact) mass is 394 g/mol. The number of amides is 2. The molecule has 2 aromatic carbocycles. The van der Waals surface area contributed by atoms with Crippen molar-refractivity contribution < 1.29 is 14.3 Å². The molecular weight excluding hydrogens is 364 g/mol. The van der Waals surface area contributed by atoms with Crippen molar-refractivity contribution in [1.82, 2.24) is 10.2 Å². The number of likely N-dealkylation sites (tertiary alicyclic amines) is 1. The average Bonchev–Trinajstić information content (AvgIpc) is 2.78. The Morgan fingerprint density at radius 3 is 2.28 bits per heavy atom. The van der Waals surface area contributed by atoms with Crippen molar-refractivity contribution in [1.29, 1.82) is 0 Å². The number of ether oxygens (including phenoxy) is 1. The number of carbonyl (C=O) groups is 2. The van der Waals surface area contributed by atoms with Gasteiger partial charge in [0.25, 0.3) is 0 Å². The Morgan fingerprint density at radius 2 is 1.66 bits per heavy atom. The van der Waals surface area contributed by atoms with Crippen LogP contribution < -0.4 is 5.32 Å². The van der Waals surface area contributed by atoms with Gasteiger partial charge in [-0.05, 0) is 30.4 Å². The third-order valence-electron chi connectivity index (χ3n) is 5.54. The van der Waals surface area contributed by atoms with E-state index in [2.05, 4.69) is 5.32 Å². The molecule has 29 heavy (non-hydrogen) atoms. The Balaban J connectivity index is 1.46. The fourth-order valence-electron chi connectivity index (χ4n) is 3.81. The molecule has 0 saturated carbocycles. The van der Waals surface area contributed by atoms with Gasteiger partial charge in [0.05, 0.1) is 12.6 Å². The van der Waals surface area contributed by atoms with E-state index in [1.54, 1.807) is 7.11 Å². The lowest BCUT2D eigenvalue weighted by Crippen LogP contribution is -2.44. The van der Waals surface area contributed by atoms with Gasteiger partial charge >= 0.3 is 0 Å². The minimum Gasteiger partial charge on any atom is -0.382 e. The smallest absolute Gasteiger partial charge is 0.223 e. The molecule has 5 nitrogen and oxygen atoms in total. The summed E-state index contributed by atoms with van der Waals surface area (Å²) < 4.78 is 5.29. The fraction of sp³-hybridized carbons (Fsp3) is 0.417. The van der Waals surface area contributed by atoms with E-state index in [0.29, 0.717) is 39.0 Å². The summed E-state index contributed by atoms with van der Waals surface area (Å²) in [6.45, 7) is 1.73. The van der Waals surface area contributed by atoms with Crippen LogP contribution in [0.3, 0.4) is 0 Å². The van der Waals surface area contributed by atoms with E-state index in [1.807, 2.05) is 65.6 Å². The highest BCUT2D eigenvalue weighted by atomic mass is 16.5. The van der Waals surface area contributed by atoms with Gasteiger partial charge in [-0.25, -0.2) is 0 Å². The van der Waals surface area contributed by atoms with Crippen LogP contribution in [-0.2, 0) is 20.7 Å². The van der Waals surface area contributed by atoms with E-state index < -0.39 is 0 Å². The molecule has 0 radical (unpaired) electrons. The maximum Gasteiger partial charge on any atom is 0.223 e. The molecule has 1 N–H and O–H groups in total. The predicted molar refractivity (Wildman–Crippen MR) is 113 cm³/mol. The standard InChI is InChI=1S/C24H30N2O3/c1-29-18-22(20-10-6-3-7-11-20)25-24(28)21-14-16-26(17-15-21)23(27)13-12-19-8-4-2-5-9-19/h2-11,21-22H,12-18H2,1H3,(H,25,28). The summed E-state index contributed by atoms with van der Waals surface area (Å²) in [5.41, 5.74) is 2.22. The normalized spacial score (nSPS) is 15.7. The zero-order valence-electron chi connectivity index (χ0n) is 17.0. The van der Waals surface area contributed by atoms with Gasteiger partial charge in [0.2, 0.25) is 11.8 Å². The summed E-state index contributed by atoms with van der Waals surface area (Å²) in [4.78, 5) is 27.2. The molecule has 5 heteroatoms. The van der Waals surface area contributed by atoms with Crippen LogP contribution in [0.5, 0.6) is 0 Å². The molecule has 1 unspecified atom stereocenters. The zero-order chi connectivity index (χ0) is 20.5. The van der Waals surface area contributed by atoms with Crippen molar-refractivity contribution in [2.24, 2.45) is 5.92 Å². The summed E-state index contributed by atoms with van der Waals surface area (Å²) >= 11 is 0. The number of methoxy groups -OCH3 is 1. The summed E-state index contributed by atoms with van der Waals surface area (Å²) in [6.07, 6.45) is 2.69. The molecule has 0 spiro atoms. The Kier molecular flexibility index (Phi) is 7.82. The van der Waals surface area contributed by atoms with Gasteiger partial charge in [0.15, 0.2) is 0 Å². The minimum absolute atomic E-state index is 0.0484. The molecule has 1 aliphatic rings. The summed E-state index contributed by atoms with van der Waals surface area (Å²) in [5.74, 6) is 0.165. The lowest BCUT2D eigenvalue weighted by molar-refractivity contribution is -0.136. The highest BCUT2D eigenvalue weighted by Crippen LogP contribution is 2.21. The Morgan fingerprint density at radius 1 is 1.03 bits per heavy atom. The Bertz CT molecular complexity index is 771. The first kappa shape index (κ1) is 21.1. The first-order valence-electron chi connectivity index (χ1n) is 10.3. The first-order valence-corrected chi connectivity index (χ1v) is 10.3. The molecule has 3 rings (SSSR count). The number of hydrogen-bond acceptors (Lipinski definition) is 3. The molecule has 0 bridgehead atoms. The molecule has 1 saturated heterocycles. The third kappa shape index (κ3) is 6.16. The number of nitrogens with zero attached hydrogens (tertiary/aromatic N) is 1. The fourth-order valence-corrected chi connectivity index (χ4v) is 3.81. The number of carbonyl (C=O) groups excluding carboxylic acids is 2. The van der Waals surface area contributed by atoms with E-state index in [9.17, 15) is 9.59 Å². The van der Waals surface area contributed by atoms with Crippen molar-refractivity contribution in [3.05, 3.63) is 71.8 Å². The van der Waals surface area contributed by atoms with E-state index in [1.165, 1.54) is 5.56 Å². The van der Waals surface area contributed by atoms with E-state index in [0.717, 1.165) is 12.0 Å². The highest BCUT2D eigenvalue weighted by Gasteiger charge is 2.28. The topological polar surface area (TPSA) is 58.6 Å². The van der Waals surface area contributed by atoms with Crippen LogP contribution in [0.2, 0.25) is 0 Å². The van der Waals surface area contributed by atoms with Crippen LogP contribution in [0.1, 0.15) is 36.4 Å². The predicted octanol–water partition coefficient (Wildman–Crippen LogP) is 3.36. The van der Waals surface area contributed by atoms with Gasteiger partial charge in [-0.1, -0.05) is 60.7 Å². The van der Waals surface area contributed by atoms with Crippen LogP contribution >= 0.6 is 0 Å². The molecule has 0 aromatic heterocycles. The quantitative estimate of drug-likeness (QED) is 0.747. The van der Waals surface area contributed by atoms with Gasteiger partial charge in [0.1, 0.15) is 0 Å². The number of rotatable bonds is 8. The van der Waals surface area contributed by atoms with E-state index in [4.69, 9.17) is 4.74 Å². The van der Waals surface area contributed by atoms with Gasteiger partial charge in [-0.15, -0.1) is 0 Å². The molecule has 1 atom stereocenters. The average molecular weight is 395 g/mol. The molecule has 0 aliphatic carbocycles. The van der Waals surface area contributed by atoms with Crippen molar-refractivity contribution in [3.63, 3.8) is 0 Å². The molecule has 2 aromatic rings. The molecule has 1 fully saturated rings. The number of hydrogen-bond donors (Lipinski definition) is 1. The third-order valence-corrected chi connectivity index (χ3v) is 5.54. The van der Waals surface area contributed by atoms with Crippen molar-refractivity contribution in [2.45, 2.75) is 31.7 Å². The zero-order valence-corrected chi connectivity index (χ0v) is 17.0. The molecule has 1 heterocycles. The lowest BCUT2D eigenvalue weighted by atomic mass is 9.94. The highest BCUT2D eigenvalue weighted by molar-refractivity contribution is 5.80. The molecular formula is C24H30N2O3. The first-order chi connectivity index (χ1) is 14.2. The Labute approximate surface area is 173 Å². The molecule has 154 valence electrons. The second kappa shape index (κ2) is 10.8. The van der Waals surface area contributed by atoms with Crippen LogP contribution in [0.4, 0.5) is 0 Å². The lowest BCUT2D eigenvalue weighted by Gasteiger charge is -2.32. The van der Waals surface area contributed by atoms with Crippen LogP contribution in [-0.4, -0.2) is 43.5 Å². The summed E-state index contributed by atoms with van der Waals surface area (Å²) in [5, 5.41) is 3.13. The van der Waals surface area contributed by atoms with Crippen LogP contribution in [0, 0.1) is 5.92 Å². The van der Waals surface area contributed by atoms with Gasteiger partial charge in [-0.3, -0.25) is 9.59 Å². The van der Waals surface area contributed by atoms with Crippen LogP contribution in [0.15, 0.2) is 60.7 Å². The summed E-state index contributed by atoms with van der Waals surface area (Å²) in [7, 11) is 1.64. The second-order valence-electron chi connectivity index (χ2n) is 7.57. The number of nitrogens with one attached hydrogen (secondary N) is 1.